The molecule has 2 heterocycles. The third-order valence-corrected chi connectivity index (χ3v) is 6.00. The minimum Gasteiger partial charge on any atom is -0.342 e. The van der Waals surface area contributed by atoms with Crippen LogP contribution in [0.15, 0.2) is 17.6 Å². The second-order valence-corrected chi connectivity index (χ2v) is 7.52. The molecule has 0 N–H and O–H groups in total. The molecule has 2 fully saturated rings. The van der Waals surface area contributed by atoms with Gasteiger partial charge in [0.25, 0.3) is 0 Å². The van der Waals surface area contributed by atoms with Gasteiger partial charge >= 0.3 is 0 Å². The van der Waals surface area contributed by atoms with Gasteiger partial charge in [0, 0.05) is 18.7 Å². The van der Waals surface area contributed by atoms with E-state index in [1.54, 1.807) is 6.08 Å². The van der Waals surface area contributed by atoms with Crippen molar-refractivity contribution in [3.63, 3.8) is 0 Å². The molecule has 0 bridgehead atoms. The van der Waals surface area contributed by atoms with E-state index >= 15 is 0 Å². The van der Waals surface area contributed by atoms with Crippen LogP contribution in [-0.2, 0) is 14.6 Å². The molecule has 0 aromatic rings. The standard InChI is InChI=1S/C10H14N2O3S2/c1-3-4-12-8-5-17(14,15)6-9(8)16-10(12)11-7(2)13/h3,8-9H,1,4-6H2,2H3/t8-,9+/m0/s1. The van der Waals surface area contributed by atoms with Crippen LogP contribution in [0.5, 0.6) is 0 Å². The number of thioether (sulfide) groups is 1. The number of fused-ring (bicyclic) bond motifs is 1. The lowest BCUT2D eigenvalue weighted by Gasteiger charge is -2.22. The van der Waals surface area contributed by atoms with Crippen LogP contribution in [0.4, 0.5) is 0 Å². The Balaban J connectivity index is 2.27. The van der Waals surface area contributed by atoms with Crippen molar-refractivity contribution in [3.05, 3.63) is 12.7 Å². The Morgan fingerprint density at radius 1 is 1.65 bits per heavy atom. The number of hydrogen-bond donors (Lipinski definition) is 0. The maximum atomic E-state index is 11.6. The Hall–Kier alpha value is -0.820. The summed E-state index contributed by atoms with van der Waals surface area (Å²) in [6.07, 6.45) is 1.70. The van der Waals surface area contributed by atoms with Crippen molar-refractivity contribution in [2.24, 2.45) is 4.99 Å². The van der Waals surface area contributed by atoms with E-state index in [0.29, 0.717) is 11.7 Å². The molecule has 94 valence electrons. The maximum Gasteiger partial charge on any atom is 0.244 e. The molecule has 0 unspecified atom stereocenters. The summed E-state index contributed by atoms with van der Waals surface area (Å²) in [5, 5.41) is 0.625. The summed E-state index contributed by atoms with van der Waals surface area (Å²) in [6, 6.07) is -0.0684. The Bertz CT molecular complexity index is 484. The van der Waals surface area contributed by atoms with Crippen LogP contribution in [-0.4, -0.2) is 53.7 Å². The molecule has 0 aliphatic carbocycles. The number of amidine groups is 1. The van der Waals surface area contributed by atoms with Crippen LogP contribution in [0.1, 0.15) is 6.92 Å². The van der Waals surface area contributed by atoms with Crippen molar-refractivity contribution in [1.29, 1.82) is 0 Å². The van der Waals surface area contributed by atoms with Gasteiger partial charge in [-0.3, -0.25) is 4.79 Å². The minimum atomic E-state index is -2.95. The first-order chi connectivity index (χ1) is 7.93. The van der Waals surface area contributed by atoms with Crippen molar-refractivity contribution in [2.45, 2.75) is 18.2 Å². The molecule has 2 rings (SSSR count). The molecular weight excluding hydrogens is 260 g/mol. The number of carbonyl (C=O) groups is 1. The molecule has 2 aliphatic rings. The molecular formula is C10H14N2O3S2. The van der Waals surface area contributed by atoms with Crippen LogP contribution in [0.25, 0.3) is 0 Å². The van der Waals surface area contributed by atoms with Crippen LogP contribution in [0.3, 0.4) is 0 Å². The van der Waals surface area contributed by atoms with E-state index in [0.717, 1.165) is 0 Å². The van der Waals surface area contributed by atoms with E-state index in [-0.39, 0.29) is 28.7 Å². The van der Waals surface area contributed by atoms with Gasteiger partial charge in [0.05, 0.1) is 17.5 Å². The number of sulfone groups is 1. The van der Waals surface area contributed by atoms with Crippen molar-refractivity contribution in [3.8, 4) is 0 Å². The predicted molar refractivity (Wildman–Crippen MR) is 68.8 cm³/mol. The summed E-state index contributed by atoms with van der Waals surface area (Å²) in [6.45, 7) is 5.56. The Morgan fingerprint density at radius 2 is 2.35 bits per heavy atom. The highest BCUT2D eigenvalue weighted by Gasteiger charge is 2.48. The van der Waals surface area contributed by atoms with Crippen molar-refractivity contribution >= 4 is 32.7 Å². The third-order valence-electron chi connectivity index (χ3n) is 2.75. The number of rotatable bonds is 2. The highest BCUT2D eigenvalue weighted by atomic mass is 32.2. The lowest BCUT2D eigenvalue weighted by molar-refractivity contribution is -0.115. The van der Waals surface area contributed by atoms with Crippen molar-refractivity contribution < 1.29 is 13.2 Å². The molecule has 7 heteroatoms. The van der Waals surface area contributed by atoms with Gasteiger partial charge in [-0.2, -0.15) is 4.99 Å². The average molecular weight is 274 g/mol. The predicted octanol–water partition coefficient (Wildman–Crippen LogP) is 0.289. The normalized spacial score (nSPS) is 32.8. The average Bonchev–Trinajstić information content (AvgIpc) is 2.61. The fourth-order valence-corrected chi connectivity index (χ4v) is 6.13. The summed E-state index contributed by atoms with van der Waals surface area (Å²) in [7, 11) is -2.95. The van der Waals surface area contributed by atoms with Crippen molar-refractivity contribution in [2.75, 3.05) is 18.1 Å². The summed E-state index contributed by atoms with van der Waals surface area (Å²) in [4.78, 5) is 16.8. The molecule has 0 radical (unpaired) electrons. The molecule has 5 nitrogen and oxygen atoms in total. The first-order valence-corrected chi connectivity index (χ1v) is 7.97. The zero-order valence-electron chi connectivity index (χ0n) is 9.50. The van der Waals surface area contributed by atoms with Crippen LogP contribution >= 0.6 is 11.8 Å². The Kier molecular flexibility index (Phi) is 3.31. The van der Waals surface area contributed by atoms with Crippen molar-refractivity contribution in [1.82, 2.24) is 4.90 Å². The first-order valence-electron chi connectivity index (χ1n) is 5.27. The monoisotopic (exact) mass is 274 g/mol. The van der Waals surface area contributed by atoms with Crippen LogP contribution in [0.2, 0.25) is 0 Å². The van der Waals surface area contributed by atoms with E-state index in [4.69, 9.17) is 0 Å². The van der Waals surface area contributed by atoms with Gasteiger partial charge in [-0.1, -0.05) is 17.8 Å². The van der Waals surface area contributed by atoms with E-state index in [2.05, 4.69) is 11.6 Å². The highest BCUT2D eigenvalue weighted by molar-refractivity contribution is 8.15. The number of amides is 1. The topological polar surface area (TPSA) is 66.8 Å². The van der Waals surface area contributed by atoms with Gasteiger partial charge in [-0.25, -0.2) is 8.42 Å². The van der Waals surface area contributed by atoms with Gasteiger partial charge in [0.15, 0.2) is 15.0 Å². The van der Waals surface area contributed by atoms with Crippen LogP contribution in [0, 0.1) is 0 Å². The van der Waals surface area contributed by atoms with Gasteiger partial charge in [0.1, 0.15) is 0 Å². The molecule has 0 saturated carbocycles. The second-order valence-electron chi connectivity index (χ2n) is 4.15. The number of aliphatic imine (C=N–C) groups is 1. The zero-order chi connectivity index (χ0) is 12.6. The highest BCUT2D eigenvalue weighted by Crippen LogP contribution is 2.37. The Labute approximate surface area is 105 Å². The third kappa shape index (κ3) is 2.55. The minimum absolute atomic E-state index is 0.00181. The van der Waals surface area contributed by atoms with E-state index in [9.17, 15) is 13.2 Å². The van der Waals surface area contributed by atoms with E-state index in [1.807, 2.05) is 4.90 Å². The Morgan fingerprint density at radius 3 is 2.94 bits per heavy atom. The summed E-state index contributed by atoms with van der Waals surface area (Å²) in [5.74, 6) is 0.0619. The van der Waals surface area contributed by atoms with Gasteiger partial charge < -0.3 is 4.90 Å². The van der Waals surface area contributed by atoms with Gasteiger partial charge in [0.2, 0.25) is 5.91 Å². The number of nitrogens with zero attached hydrogens (tertiary/aromatic N) is 2. The molecule has 2 atom stereocenters. The largest absolute Gasteiger partial charge is 0.342 e. The van der Waals surface area contributed by atoms with Gasteiger partial charge in [-0.05, 0) is 0 Å². The second kappa shape index (κ2) is 4.45. The molecule has 1 amide bonds. The van der Waals surface area contributed by atoms with Gasteiger partial charge in [-0.15, -0.1) is 6.58 Å². The van der Waals surface area contributed by atoms with E-state index < -0.39 is 9.84 Å². The smallest absolute Gasteiger partial charge is 0.244 e. The molecule has 2 saturated heterocycles. The maximum absolute atomic E-state index is 11.6. The lowest BCUT2D eigenvalue weighted by atomic mass is 10.2. The van der Waals surface area contributed by atoms with Crippen LogP contribution < -0.4 is 0 Å². The molecule has 0 spiro atoms. The SMILES string of the molecule is C=CCN1C(=NC(C)=O)S[C@@H]2CS(=O)(=O)C[C@@H]21. The fraction of sp³-hybridized carbons (Fsp3) is 0.600. The molecule has 2 aliphatic heterocycles. The summed E-state index contributed by atoms with van der Waals surface area (Å²) < 4.78 is 23.1. The number of hydrogen-bond acceptors (Lipinski definition) is 4. The zero-order valence-corrected chi connectivity index (χ0v) is 11.1. The summed E-state index contributed by atoms with van der Waals surface area (Å²) >= 11 is 1.39. The van der Waals surface area contributed by atoms with E-state index in [1.165, 1.54) is 18.7 Å². The molecule has 0 aromatic heterocycles. The summed E-state index contributed by atoms with van der Waals surface area (Å²) in [5.41, 5.74) is 0. The number of carbonyl (C=O) groups excluding carboxylic acids is 1. The quantitative estimate of drug-likeness (QED) is 0.677. The molecule has 0 aromatic carbocycles. The lowest BCUT2D eigenvalue weighted by Crippen LogP contribution is -2.37. The first kappa shape index (κ1) is 12.6. The fourth-order valence-electron chi connectivity index (χ4n) is 2.12. The molecule has 17 heavy (non-hydrogen) atoms.